The summed E-state index contributed by atoms with van der Waals surface area (Å²) < 4.78 is 31.8. The quantitative estimate of drug-likeness (QED) is 0.566. The lowest BCUT2D eigenvalue weighted by Crippen LogP contribution is -2.42. The number of hydrazine groups is 1. The first-order valence-electron chi connectivity index (χ1n) is 9.47. The zero-order valence-corrected chi connectivity index (χ0v) is 17.5. The number of morpholine rings is 1. The van der Waals surface area contributed by atoms with E-state index in [0.717, 1.165) is 12.1 Å². The van der Waals surface area contributed by atoms with Crippen LogP contribution in [0.15, 0.2) is 18.2 Å². The molecular formula is C19H21F2N5O4S. The first-order valence-corrected chi connectivity index (χ1v) is 10.3. The number of aryl methyl sites for hydroxylation is 1. The predicted octanol–water partition coefficient (Wildman–Crippen LogP) is 1.15. The van der Waals surface area contributed by atoms with Crippen molar-refractivity contribution in [1.82, 2.24) is 21.2 Å². The lowest BCUT2D eigenvalue weighted by Gasteiger charge is -2.25. The number of hydrogen-bond acceptors (Lipinski definition) is 7. The molecule has 3 N–H and O–H groups in total. The van der Waals surface area contributed by atoms with Crippen LogP contribution in [-0.2, 0) is 9.53 Å². The fourth-order valence-corrected chi connectivity index (χ4v) is 3.80. The number of carbonyl (C=O) groups is 3. The normalized spacial score (nSPS) is 13.6. The monoisotopic (exact) mass is 453 g/mol. The van der Waals surface area contributed by atoms with Crippen LogP contribution in [0.5, 0.6) is 0 Å². The second kappa shape index (κ2) is 10.3. The molecule has 31 heavy (non-hydrogen) atoms. The highest BCUT2D eigenvalue weighted by molar-refractivity contribution is 7.17. The van der Waals surface area contributed by atoms with E-state index in [9.17, 15) is 23.2 Å². The highest BCUT2D eigenvalue weighted by Crippen LogP contribution is 2.26. The van der Waals surface area contributed by atoms with Gasteiger partial charge in [-0.3, -0.25) is 25.2 Å². The second-order valence-electron chi connectivity index (χ2n) is 6.64. The Labute approximate surface area is 180 Å². The molecular weight excluding hydrogens is 432 g/mol. The highest BCUT2D eigenvalue weighted by Gasteiger charge is 2.21. The van der Waals surface area contributed by atoms with Crippen LogP contribution >= 0.6 is 11.3 Å². The summed E-state index contributed by atoms with van der Waals surface area (Å²) in [6.07, 6.45) is -0.157. The Kier molecular flexibility index (Phi) is 7.47. The standard InChI is InChI=1S/C19H21F2N5O4S/c1-11-16(31-19(23-11)26-6-8-30-9-7-26)18(29)25-24-15(27)4-5-22-17(28)13-3-2-12(20)10-14(13)21/h2-3,10H,4-9H2,1H3,(H,22,28)(H,24,27)(H,25,29). The van der Waals surface area contributed by atoms with Gasteiger partial charge in [0.2, 0.25) is 5.91 Å². The Balaban J connectivity index is 1.43. The van der Waals surface area contributed by atoms with Gasteiger partial charge >= 0.3 is 0 Å². The maximum atomic E-state index is 13.6. The predicted molar refractivity (Wildman–Crippen MR) is 109 cm³/mol. The summed E-state index contributed by atoms with van der Waals surface area (Å²) in [6.45, 7) is 4.19. The Hall–Kier alpha value is -3.12. The van der Waals surface area contributed by atoms with Crippen molar-refractivity contribution < 1.29 is 27.9 Å². The van der Waals surface area contributed by atoms with Crippen molar-refractivity contribution in [2.45, 2.75) is 13.3 Å². The minimum Gasteiger partial charge on any atom is -0.378 e. The summed E-state index contributed by atoms with van der Waals surface area (Å²) in [7, 11) is 0. The van der Waals surface area contributed by atoms with Gasteiger partial charge in [0.25, 0.3) is 11.8 Å². The SMILES string of the molecule is Cc1nc(N2CCOCC2)sc1C(=O)NNC(=O)CCNC(=O)c1ccc(F)cc1F. The summed E-state index contributed by atoms with van der Waals surface area (Å²) in [4.78, 5) is 43.0. The van der Waals surface area contributed by atoms with Crippen LogP contribution in [-0.4, -0.2) is 55.6 Å². The Morgan fingerprint density at radius 2 is 1.90 bits per heavy atom. The van der Waals surface area contributed by atoms with Crippen LogP contribution < -0.4 is 21.1 Å². The van der Waals surface area contributed by atoms with Crippen molar-refractivity contribution in [2.75, 3.05) is 37.7 Å². The number of hydrogen-bond donors (Lipinski definition) is 3. The van der Waals surface area contributed by atoms with Gasteiger partial charge < -0.3 is 15.0 Å². The minimum absolute atomic E-state index is 0.0991. The van der Waals surface area contributed by atoms with Gasteiger partial charge in [-0.05, 0) is 19.1 Å². The molecule has 2 aromatic rings. The summed E-state index contributed by atoms with van der Waals surface area (Å²) in [5.41, 5.74) is 4.80. The first kappa shape index (κ1) is 22.6. The maximum Gasteiger partial charge on any atom is 0.281 e. The Morgan fingerprint density at radius 1 is 1.16 bits per heavy atom. The number of thiazole rings is 1. The number of nitrogens with zero attached hydrogens (tertiary/aromatic N) is 2. The number of anilines is 1. The molecule has 2 heterocycles. The summed E-state index contributed by atoms with van der Waals surface area (Å²) >= 11 is 1.22. The summed E-state index contributed by atoms with van der Waals surface area (Å²) in [5.74, 6) is -3.61. The van der Waals surface area contributed by atoms with E-state index in [1.807, 2.05) is 4.90 Å². The van der Waals surface area contributed by atoms with Gasteiger partial charge in [-0.1, -0.05) is 11.3 Å². The zero-order chi connectivity index (χ0) is 22.4. The maximum absolute atomic E-state index is 13.6. The number of amides is 3. The molecule has 12 heteroatoms. The van der Waals surface area contributed by atoms with Gasteiger partial charge in [0.15, 0.2) is 5.13 Å². The lowest BCUT2D eigenvalue weighted by atomic mass is 10.2. The number of ether oxygens (including phenoxy) is 1. The van der Waals surface area contributed by atoms with E-state index in [1.165, 1.54) is 11.3 Å². The van der Waals surface area contributed by atoms with E-state index in [1.54, 1.807) is 6.92 Å². The fourth-order valence-electron chi connectivity index (χ4n) is 2.79. The Morgan fingerprint density at radius 3 is 2.61 bits per heavy atom. The van der Waals surface area contributed by atoms with Crippen molar-refractivity contribution in [3.63, 3.8) is 0 Å². The van der Waals surface area contributed by atoms with Crippen LogP contribution in [0.2, 0.25) is 0 Å². The van der Waals surface area contributed by atoms with Crippen LogP contribution in [0.1, 0.15) is 32.1 Å². The van der Waals surface area contributed by atoms with Crippen LogP contribution in [0.25, 0.3) is 0 Å². The van der Waals surface area contributed by atoms with Crippen LogP contribution in [0.3, 0.4) is 0 Å². The third kappa shape index (κ3) is 5.95. The molecule has 0 spiro atoms. The van der Waals surface area contributed by atoms with Crippen LogP contribution in [0.4, 0.5) is 13.9 Å². The molecule has 0 bridgehead atoms. The van der Waals surface area contributed by atoms with Crippen molar-refractivity contribution >= 4 is 34.2 Å². The molecule has 0 radical (unpaired) electrons. The van der Waals surface area contributed by atoms with E-state index in [4.69, 9.17) is 4.74 Å². The van der Waals surface area contributed by atoms with E-state index in [0.29, 0.717) is 48.1 Å². The molecule has 9 nitrogen and oxygen atoms in total. The molecule has 1 aromatic carbocycles. The number of benzene rings is 1. The number of halogens is 2. The summed E-state index contributed by atoms with van der Waals surface area (Å²) in [5, 5.41) is 3.08. The van der Waals surface area contributed by atoms with E-state index >= 15 is 0 Å². The largest absolute Gasteiger partial charge is 0.378 e. The number of rotatable bonds is 6. The van der Waals surface area contributed by atoms with Crippen molar-refractivity contribution in [1.29, 1.82) is 0 Å². The van der Waals surface area contributed by atoms with Crippen molar-refractivity contribution in [3.8, 4) is 0 Å². The average Bonchev–Trinajstić information content (AvgIpc) is 3.14. The van der Waals surface area contributed by atoms with E-state index in [2.05, 4.69) is 21.2 Å². The highest BCUT2D eigenvalue weighted by atomic mass is 32.1. The fraction of sp³-hybridized carbons (Fsp3) is 0.368. The van der Waals surface area contributed by atoms with Crippen LogP contribution in [0, 0.1) is 18.6 Å². The average molecular weight is 453 g/mol. The van der Waals surface area contributed by atoms with Gasteiger partial charge in [-0.15, -0.1) is 0 Å². The van der Waals surface area contributed by atoms with Crippen molar-refractivity contribution in [3.05, 3.63) is 46.0 Å². The first-order chi connectivity index (χ1) is 14.8. The topological polar surface area (TPSA) is 113 Å². The molecule has 1 aromatic heterocycles. The molecule has 3 rings (SSSR count). The number of nitrogens with one attached hydrogen (secondary N) is 3. The molecule has 1 aliphatic rings. The lowest BCUT2D eigenvalue weighted by molar-refractivity contribution is -0.121. The smallest absolute Gasteiger partial charge is 0.281 e. The molecule has 166 valence electrons. The van der Waals surface area contributed by atoms with E-state index in [-0.39, 0.29) is 18.5 Å². The second-order valence-corrected chi connectivity index (χ2v) is 7.62. The number of aromatic nitrogens is 1. The van der Waals surface area contributed by atoms with Gasteiger partial charge in [-0.2, -0.15) is 0 Å². The summed E-state index contributed by atoms with van der Waals surface area (Å²) in [6, 6.07) is 2.58. The third-order valence-electron chi connectivity index (χ3n) is 4.40. The number of carbonyl (C=O) groups excluding carboxylic acids is 3. The van der Waals surface area contributed by atoms with Gasteiger partial charge in [-0.25, -0.2) is 13.8 Å². The molecule has 0 unspecified atom stereocenters. The molecule has 0 saturated carbocycles. The molecule has 0 aliphatic carbocycles. The molecule has 3 amide bonds. The molecule has 1 saturated heterocycles. The molecule has 1 fully saturated rings. The zero-order valence-electron chi connectivity index (χ0n) is 16.7. The van der Waals surface area contributed by atoms with Crippen molar-refractivity contribution in [2.24, 2.45) is 0 Å². The van der Waals surface area contributed by atoms with E-state index < -0.39 is 29.4 Å². The molecule has 1 aliphatic heterocycles. The Bertz CT molecular complexity index is 978. The van der Waals surface area contributed by atoms with Gasteiger partial charge in [0.05, 0.1) is 24.5 Å². The van der Waals surface area contributed by atoms with Gasteiger partial charge in [0, 0.05) is 32.1 Å². The third-order valence-corrected chi connectivity index (χ3v) is 5.62. The minimum atomic E-state index is -0.995. The van der Waals surface area contributed by atoms with Gasteiger partial charge in [0.1, 0.15) is 16.5 Å². The molecule has 0 atom stereocenters.